The van der Waals surface area contributed by atoms with Gasteiger partial charge in [0.2, 0.25) is 0 Å². The molecule has 0 spiro atoms. The summed E-state index contributed by atoms with van der Waals surface area (Å²) in [7, 11) is 0. The quantitative estimate of drug-likeness (QED) is 0.800. The predicted molar refractivity (Wildman–Crippen MR) is 88.3 cm³/mol. The molecule has 1 heterocycles. The lowest BCUT2D eigenvalue weighted by molar-refractivity contribution is -0.148. The van der Waals surface area contributed by atoms with Crippen LogP contribution in [0.2, 0.25) is 0 Å². The molecule has 1 aliphatic heterocycles. The lowest BCUT2D eigenvalue weighted by atomic mass is 10.0. The first-order chi connectivity index (χ1) is 10.4. The molecule has 0 saturated heterocycles. The van der Waals surface area contributed by atoms with Gasteiger partial charge in [0.05, 0.1) is 6.61 Å². The number of anilines is 1. The van der Waals surface area contributed by atoms with E-state index in [9.17, 15) is 4.79 Å². The van der Waals surface area contributed by atoms with Crippen molar-refractivity contribution in [2.45, 2.75) is 46.8 Å². The summed E-state index contributed by atoms with van der Waals surface area (Å²) in [5, 5.41) is 0. The first kappa shape index (κ1) is 16.4. The van der Waals surface area contributed by atoms with E-state index >= 15 is 0 Å². The van der Waals surface area contributed by atoms with Crippen molar-refractivity contribution in [2.75, 3.05) is 11.5 Å². The summed E-state index contributed by atoms with van der Waals surface area (Å²) < 4.78 is 5.08. The zero-order chi connectivity index (χ0) is 16.4. The fourth-order valence-electron chi connectivity index (χ4n) is 3.00. The Labute approximate surface area is 133 Å². The fourth-order valence-corrected chi connectivity index (χ4v) is 3.00. The molecule has 0 aromatic heterocycles. The van der Waals surface area contributed by atoms with Crippen LogP contribution in [0.15, 0.2) is 24.5 Å². The van der Waals surface area contributed by atoms with E-state index in [1.165, 1.54) is 16.7 Å². The average Bonchev–Trinajstić information content (AvgIpc) is 2.79. The summed E-state index contributed by atoms with van der Waals surface area (Å²) in [5.41, 5.74) is 4.66. The van der Waals surface area contributed by atoms with Crippen LogP contribution in [0.3, 0.4) is 0 Å². The Hall–Kier alpha value is -1.97. The number of benzene rings is 1. The Morgan fingerprint density at radius 2 is 1.86 bits per heavy atom. The third-order valence-corrected chi connectivity index (χ3v) is 3.96. The van der Waals surface area contributed by atoms with Gasteiger partial charge in [0.1, 0.15) is 12.2 Å². The lowest BCUT2D eigenvalue weighted by Crippen LogP contribution is -2.45. The molecule has 0 saturated carbocycles. The van der Waals surface area contributed by atoms with E-state index in [0.717, 1.165) is 5.69 Å². The van der Waals surface area contributed by atoms with Crippen molar-refractivity contribution in [2.24, 2.45) is 0 Å². The number of ether oxygens (including phenoxy) is 1. The highest BCUT2D eigenvalue weighted by Crippen LogP contribution is 2.32. The van der Waals surface area contributed by atoms with Crippen LogP contribution < -0.4 is 4.90 Å². The van der Waals surface area contributed by atoms with E-state index in [-0.39, 0.29) is 5.97 Å². The van der Waals surface area contributed by atoms with Crippen LogP contribution in [0.4, 0.5) is 5.69 Å². The minimum absolute atomic E-state index is 0.262. The van der Waals surface area contributed by atoms with E-state index in [4.69, 9.17) is 11.7 Å². The Morgan fingerprint density at radius 1 is 1.27 bits per heavy atom. The second-order valence-electron chi connectivity index (χ2n) is 5.74. The standard InChI is InChI=1S/C18H24N2O2/c1-7-22-18(21)15(5)19-8-9-20(16(19)6)17-13(3)10-12(2)11-14(17)4/h6,8-11,15-16H,7H2,1-5H3. The Kier molecular flexibility index (Phi) is 4.79. The SMILES string of the molecule is [CH]C1N(c2c(C)cc(C)cc2C)C=CN1C(C)C(=O)OCC. The van der Waals surface area contributed by atoms with Crippen molar-refractivity contribution < 1.29 is 9.53 Å². The van der Waals surface area contributed by atoms with Crippen LogP contribution >= 0.6 is 0 Å². The van der Waals surface area contributed by atoms with Gasteiger partial charge in [-0.25, -0.2) is 4.79 Å². The minimum Gasteiger partial charge on any atom is -0.464 e. The predicted octanol–water partition coefficient (Wildman–Crippen LogP) is 3.19. The largest absolute Gasteiger partial charge is 0.464 e. The maximum absolute atomic E-state index is 11.9. The first-order valence-corrected chi connectivity index (χ1v) is 7.61. The van der Waals surface area contributed by atoms with Crippen molar-refractivity contribution in [1.82, 2.24) is 4.90 Å². The summed E-state index contributed by atoms with van der Waals surface area (Å²) in [6, 6.07) is 3.86. The molecule has 0 bridgehead atoms. The molecular formula is C18H24N2O2. The molecule has 2 radical (unpaired) electrons. The number of nitrogens with zero attached hydrogens (tertiary/aromatic N) is 2. The molecule has 1 aromatic carbocycles. The number of carbonyl (C=O) groups is 1. The third kappa shape index (κ3) is 2.96. The van der Waals surface area contributed by atoms with Crippen LogP contribution in [-0.4, -0.2) is 29.7 Å². The van der Waals surface area contributed by atoms with Gasteiger partial charge in [-0.3, -0.25) is 0 Å². The molecule has 4 nitrogen and oxygen atoms in total. The summed E-state index contributed by atoms with van der Waals surface area (Å²) in [6.45, 7) is 16.6. The Morgan fingerprint density at radius 3 is 2.41 bits per heavy atom. The molecule has 2 unspecified atom stereocenters. The van der Waals surface area contributed by atoms with Crippen molar-refractivity contribution >= 4 is 11.7 Å². The van der Waals surface area contributed by atoms with Gasteiger partial charge in [-0.05, 0) is 45.7 Å². The van der Waals surface area contributed by atoms with E-state index in [2.05, 4.69) is 32.9 Å². The fraction of sp³-hybridized carbons (Fsp3) is 0.444. The number of hydrogen-bond donors (Lipinski definition) is 0. The number of hydrogen-bond acceptors (Lipinski definition) is 4. The number of esters is 1. The molecule has 0 fully saturated rings. The molecule has 0 N–H and O–H groups in total. The van der Waals surface area contributed by atoms with Gasteiger partial charge in [-0.15, -0.1) is 0 Å². The van der Waals surface area contributed by atoms with Gasteiger partial charge in [-0.1, -0.05) is 17.7 Å². The normalized spacial score (nSPS) is 18.7. The highest BCUT2D eigenvalue weighted by Gasteiger charge is 2.32. The van der Waals surface area contributed by atoms with Crippen molar-refractivity contribution in [3.05, 3.63) is 48.1 Å². The molecule has 4 heteroatoms. The molecule has 2 atom stereocenters. The summed E-state index contributed by atoms with van der Waals surface area (Å²) in [5.74, 6) is -0.262. The highest BCUT2D eigenvalue weighted by atomic mass is 16.5. The topological polar surface area (TPSA) is 32.8 Å². The summed E-state index contributed by atoms with van der Waals surface area (Å²) in [4.78, 5) is 15.7. The van der Waals surface area contributed by atoms with Gasteiger partial charge >= 0.3 is 5.97 Å². The van der Waals surface area contributed by atoms with Gasteiger partial charge in [-0.2, -0.15) is 0 Å². The average molecular weight is 300 g/mol. The lowest BCUT2D eigenvalue weighted by Gasteiger charge is -2.34. The smallest absolute Gasteiger partial charge is 0.328 e. The van der Waals surface area contributed by atoms with Crippen LogP contribution in [-0.2, 0) is 9.53 Å². The van der Waals surface area contributed by atoms with E-state index < -0.39 is 12.2 Å². The molecule has 0 aliphatic carbocycles. The molecule has 118 valence electrons. The molecule has 22 heavy (non-hydrogen) atoms. The van der Waals surface area contributed by atoms with E-state index in [1.807, 2.05) is 22.2 Å². The first-order valence-electron chi connectivity index (χ1n) is 7.61. The zero-order valence-electron chi connectivity index (χ0n) is 14.0. The molecular weight excluding hydrogens is 276 g/mol. The van der Waals surface area contributed by atoms with Crippen LogP contribution in [0.25, 0.3) is 0 Å². The Balaban J connectivity index is 2.24. The molecule has 1 aromatic rings. The van der Waals surface area contributed by atoms with Crippen LogP contribution in [0.1, 0.15) is 30.5 Å². The third-order valence-electron chi connectivity index (χ3n) is 3.96. The van der Waals surface area contributed by atoms with Crippen molar-refractivity contribution in [1.29, 1.82) is 0 Å². The van der Waals surface area contributed by atoms with Crippen molar-refractivity contribution in [3.63, 3.8) is 0 Å². The Bertz CT molecular complexity index is 572. The summed E-state index contributed by atoms with van der Waals surface area (Å²) >= 11 is 0. The number of rotatable bonds is 4. The van der Waals surface area contributed by atoms with Crippen LogP contribution in [0, 0.1) is 27.7 Å². The van der Waals surface area contributed by atoms with Crippen LogP contribution in [0.5, 0.6) is 0 Å². The second-order valence-corrected chi connectivity index (χ2v) is 5.74. The maximum atomic E-state index is 11.9. The van der Waals surface area contributed by atoms with Gasteiger partial charge < -0.3 is 14.5 Å². The minimum atomic E-state index is -0.417. The molecule has 1 aliphatic rings. The maximum Gasteiger partial charge on any atom is 0.328 e. The molecule has 2 rings (SSSR count). The van der Waals surface area contributed by atoms with Crippen molar-refractivity contribution in [3.8, 4) is 0 Å². The highest BCUT2D eigenvalue weighted by molar-refractivity contribution is 5.76. The summed E-state index contributed by atoms with van der Waals surface area (Å²) in [6.07, 6.45) is 3.36. The molecule has 0 amide bonds. The monoisotopic (exact) mass is 300 g/mol. The van der Waals surface area contributed by atoms with Gasteiger partial charge in [0.15, 0.2) is 0 Å². The van der Waals surface area contributed by atoms with Gasteiger partial charge in [0, 0.05) is 25.0 Å². The zero-order valence-corrected chi connectivity index (χ0v) is 14.0. The number of aryl methyl sites for hydroxylation is 3. The number of carbonyl (C=O) groups excluding carboxylic acids is 1. The second kappa shape index (κ2) is 6.42. The van der Waals surface area contributed by atoms with E-state index in [1.54, 1.807) is 13.8 Å². The van der Waals surface area contributed by atoms with Gasteiger partial charge in [0.25, 0.3) is 0 Å². The van der Waals surface area contributed by atoms with E-state index in [0.29, 0.717) is 6.61 Å².